The second kappa shape index (κ2) is 8.61. The minimum atomic E-state index is -0.0141. The monoisotopic (exact) mass is 384 g/mol. The molecule has 1 aromatic rings. The summed E-state index contributed by atoms with van der Waals surface area (Å²) in [6, 6.07) is 5.96. The SMILES string of the molecule is CN(C(=O)COc1cccc(Cl)c1Cl)C1CCCCC1N1CCCC1. The molecule has 6 heteroatoms. The third kappa shape index (κ3) is 4.42. The number of halogens is 2. The van der Waals surface area contributed by atoms with Crippen molar-refractivity contribution in [1.82, 2.24) is 9.80 Å². The van der Waals surface area contributed by atoms with Crippen molar-refractivity contribution in [3.05, 3.63) is 28.2 Å². The number of carbonyl (C=O) groups is 1. The van der Waals surface area contributed by atoms with Crippen LogP contribution >= 0.6 is 23.2 Å². The summed E-state index contributed by atoms with van der Waals surface area (Å²) in [6.07, 6.45) is 7.25. The Morgan fingerprint density at radius 2 is 1.92 bits per heavy atom. The lowest BCUT2D eigenvalue weighted by atomic mass is 9.88. The predicted octanol–water partition coefficient (Wildman–Crippen LogP) is 4.24. The lowest BCUT2D eigenvalue weighted by molar-refractivity contribution is -0.136. The van der Waals surface area contributed by atoms with Crippen LogP contribution in [0.25, 0.3) is 0 Å². The fourth-order valence-electron chi connectivity index (χ4n) is 4.06. The van der Waals surface area contributed by atoms with Crippen LogP contribution in [-0.2, 0) is 4.79 Å². The molecule has 0 spiro atoms. The Labute approximate surface area is 160 Å². The van der Waals surface area contributed by atoms with Gasteiger partial charge in [-0.3, -0.25) is 9.69 Å². The molecule has 4 nitrogen and oxygen atoms in total. The standard InChI is InChI=1S/C19H26Cl2N2O2/c1-22(15-8-2-3-9-16(15)23-11-4-5-12-23)18(24)13-25-17-10-6-7-14(20)19(17)21/h6-7,10,15-16H,2-5,8-9,11-13H2,1H3. The number of likely N-dealkylation sites (tertiary alicyclic amines) is 1. The number of likely N-dealkylation sites (N-methyl/N-ethyl adjacent to an activating group) is 1. The van der Waals surface area contributed by atoms with E-state index in [2.05, 4.69) is 4.90 Å². The van der Waals surface area contributed by atoms with Gasteiger partial charge in [0.25, 0.3) is 5.91 Å². The molecule has 2 aliphatic rings. The Morgan fingerprint density at radius 1 is 1.20 bits per heavy atom. The van der Waals surface area contributed by atoms with Crippen molar-refractivity contribution in [2.45, 2.75) is 50.6 Å². The van der Waals surface area contributed by atoms with Gasteiger partial charge in [-0.25, -0.2) is 0 Å². The first-order valence-electron chi connectivity index (χ1n) is 9.14. The fraction of sp³-hybridized carbons (Fsp3) is 0.632. The second-order valence-corrected chi connectivity index (χ2v) is 7.79. The smallest absolute Gasteiger partial charge is 0.260 e. The largest absolute Gasteiger partial charge is 0.482 e. The van der Waals surface area contributed by atoms with Crippen molar-refractivity contribution in [1.29, 1.82) is 0 Å². The van der Waals surface area contributed by atoms with Gasteiger partial charge in [0, 0.05) is 19.1 Å². The van der Waals surface area contributed by atoms with Crippen LogP contribution < -0.4 is 4.74 Å². The quantitative estimate of drug-likeness (QED) is 0.760. The Kier molecular flexibility index (Phi) is 6.48. The molecule has 3 rings (SSSR count). The van der Waals surface area contributed by atoms with Crippen LogP contribution in [0.2, 0.25) is 10.0 Å². The number of rotatable bonds is 5. The molecule has 1 aromatic carbocycles. The van der Waals surface area contributed by atoms with E-state index in [1.54, 1.807) is 18.2 Å². The average Bonchev–Trinajstić information content (AvgIpc) is 3.16. The zero-order valence-electron chi connectivity index (χ0n) is 14.7. The second-order valence-electron chi connectivity index (χ2n) is 7.01. The number of amides is 1. The summed E-state index contributed by atoms with van der Waals surface area (Å²) >= 11 is 12.1. The normalized spacial score (nSPS) is 24.3. The van der Waals surface area contributed by atoms with Gasteiger partial charge in [-0.2, -0.15) is 0 Å². The molecule has 1 aliphatic carbocycles. The number of hydrogen-bond donors (Lipinski definition) is 0. The van der Waals surface area contributed by atoms with Gasteiger partial charge in [0.05, 0.1) is 5.02 Å². The highest BCUT2D eigenvalue weighted by Gasteiger charge is 2.35. The topological polar surface area (TPSA) is 32.8 Å². The van der Waals surface area contributed by atoms with Crippen LogP contribution in [0.1, 0.15) is 38.5 Å². The van der Waals surface area contributed by atoms with E-state index in [0.717, 1.165) is 19.5 Å². The van der Waals surface area contributed by atoms with Crippen LogP contribution in [0, 0.1) is 0 Å². The molecule has 25 heavy (non-hydrogen) atoms. The van der Waals surface area contributed by atoms with Crippen LogP contribution in [-0.4, -0.2) is 54.5 Å². The van der Waals surface area contributed by atoms with E-state index in [1.165, 1.54) is 32.1 Å². The van der Waals surface area contributed by atoms with Gasteiger partial charge in [-0.15, -0.1) is 0 Å². The molecular formula is C19H26Cl2N2O2. The first kappa shape index (κ1) is 18.8. The molecule has 2 unspecified atom stereocenters. The molecule has 138 valence electrons. The summed E-state index contributed by atoms with van der Waals surface area (Å²) in [6.45, 7) is 2.31. The molecule has 1 aliphatic heterocycles. The van der Waals surface area contributed by atoms with Gasteiger partial charge in [-0.05, 0) is 50.9 Å². The minimum absolute atomic E-state index is 0.00728. The highest BCUT2D eigenvalue weighted by molar-refractivity contribution is 6.42. The van der Waals surface area contributed by atoms with Crippen molar-refractivity contribution >= 4 is 29.1 Å². The van der Waals surface area contributed by atoms with Gasteiger partial charge < -0.3 is 9.64 Å². The maximum atomic E-state index is 12.7. The first-order valence-corrected chi connectivity index (χ1v) is 9.90. The zero-order chi connectivity index (χ0) is 17.8. The zero-order valence-corrected chi connectivity index (χ0v) is 16.2. The minimum Gasteiger partial charge on any atom is -0.482 e. The van der Waals surface area contributed by atoms with Crippen molar-refractivity contribution in [2.24, 2.45) is 0 Å². The maximum absolute atomic E-state index is 12.7. The summed E-state index contributed by atoms with van der Waals surface area (Å²) in [4.78, 5) is 17.1. The lowest BCUT2D eigenvalue weighted by Crippen LogP contribution is -2.53. The highest BCUT2D eigenvalue weighted by Crippen LogP contribution is 2.32. The van der Waals surface area contributed by atoms with Gasteiger partial charge in [0.1, 0.15) is 10.8 Å². The van der Waals surface area contributed by atoms with E-state index >= 15 is 0 Å². The van der Waals surface area contributed by atoms with Crippen LogP contribution in [0.4, 0.5) is 0 Å². The van der Waals surface area contributed by atoms with E-state index in [0.29, 0.717) is 21.8 Å². The van der Waals surface area contributed by atoms with Crippen molar-refractivity contribution in [3.63, 3.8) is 0 Å². The average molecular weight is 385 g/mol. The van der Waals surface area contributed by atoms with E-state index in [1.807, 2.05) is 11.9 Å². The van der Waals surface area contributed by atoms with Gasteiger partial charge >= 0.3 is 0 Å². The molecular weight excluding hydrogens is 359 g/mol. The van der Waals surface area contributed by atoms with E-state index < -0.39 is 0 Å². The third-order valence-corrected chi connectivity index (χ3v) is 6.26. The molecule has 1 heterocycles. The number of nitrogens with zero attached hydrogens (tertiary/aromatic N) is 2. The summed E-state index contributed by atoms with van der Waals surface area (Å²) in [5.41, 5.74) is 0. The molecule has 1 amide bonds. The third-order valence-electron chi connectivity index (χ3n) is 5.46. The summed E-state index contributed by atoms with van der Waals surface area (Å²) in [5.74, 6) is 0.447. The van der Waals surface area contributed by atoms with Gasteiger partial charge in [-0.1, -0.05) is 42.1 Å². The lowest BCUT2D eigenvalue weighted by Gasteiger charge is -2.42. The predicted molar refractivity (Wildman–Crippen MR) is 102 cm³/mol. The highest BCUT2D eigenvalue weighted by atomic mass is 35.5. The van der Waals surface area contributed by atoms with Crippen molar-refractivity contribution < 1.29 is 9.53 Å². The summed E-state index contributed by atoms with van der Waals surface area (Å²) in [5, 5.41) is 0.786. The Bertz CT molecular complexity index is 605. The van der Waals surface area contributed by atoms with Crippen molar-refractivity contribution in [3.8, 4) is 5.75 Å². The Morgan fingerprint density at radius 3 is 2.68 bits per heavy atom. The number of benzene rings is 1. The molecule has 1 saturated carbocycles. The van der Waals surface area contributed by atoms with Crippen LogP contribution in [0.3, 0.4) is 0 Å². The number of hydrogen-bond acceptors (Lipinski definition) is 3. The molecule has 0 radical (unpaired) electrons. The van der Waals surface area contributed by atoms with Gasteiger partial charge in [0.2, 0.25) is 0 Å². The molecule has 0 aromatic heterocycles. The maximum Gasteiger partial charge on any atom is 0.260 e. The molecule has 1 saturated heterocycles. The van der Waals surface area contributed by atoms with Crippen LogP contribution in [0.5, 0.6) is 5.75 Å². The van der Waals surface area contributed by atoms with Crippen LogP contribution in [0.15, 0.2) is 18.2 Å². The number of ether oxygens (including phenoxy) is 1. The molecule has 2 atom stereocenters. The molecule has 0 N–H and O–H groups in total. The first-order chi connectivity index (χ1) is 12.1. The summed E-state index contributed by atoms with van der Waals surface area (Å²) in [7, 11) is 1.91. The van der Waals surface area contributed by atoms with E-state index in [4.69, 9.17) is 27.9 Å². The van der Waals surface area contributed by atoms with E-state index in [9.17, 15) is 4.79 Å². The summed E-state index contributed by atoms with van der Waals surface area (Å²) < 4.78 is 5.63. The Hall–Kier alpha value is -0.970. The van der Waals surface area contributed by atoms with Gasteiger partial charge in [0.15, 0.2) is 6.61 Å². The fourth-order valence-corrected chi connectivity index (χ4v) is 4.41. The number of carbonyl (C=O) groups excluding carboxylic acids is 1. The Balaban J connectivity index is 1.61. The molecule has 0 bridgehead atoms. The van der Waals surface area contributed by atoms with E-state index in [-0.39, 0.29) is 18.6 Å². The van der Waals surface area contributed by atoms with Crippen molar-refractivity contribution in [2.75, 3.05) is 26.7 Å². The molecule has 2 fully saturated rings.